The van der Waals surface area contributed by atoms with Gasteiger partial charge in [0.05, 0.1) is 18.6 Å². The molecule has 0 atom stereocenters. The number of nitrogens with zero attached hydrogens (tertiary/aromatic N) is 8. The first-order valence-corrected chi connectivity index (χ1v) is 7.51. The number of imidazole rings is 1. The first kappa shape index (κ1) is 15.0. The van der Waals surface area contributed by atoms with E-state index in [2.05, 4.69) is 20.5 Å². The zero-order valence-corrected chi connectivity index (χ0v) is 13.6. The molecule has 0 N–H and O–H groups in total. The quantitative estimate of drug-likeness (QED) is 0.497. The minimum Gasteiger partial charge on any atom is -0.317 e. The summed E-state index contributed by atoms with van der Waals surface area (Å²) in [5.74, 6) is 0.543. The van der Waals surface area contributed by atoms with Crippen molar-refractivity contribution in [1.29, 1.82) is 0 Å². The third kappa shape index (κ3) is 2.26. The number of hydrogen-bond acceptors (Lipinski definition) is 6. The lowest BCUT2D eigenvalue weighted by molar-refractivity contribution is 0.689. The largest absolute Gasteiger partial charge is 0.332 e. The normalized spacial score (nSPS) is 11.3. The van der Waals surface area contributed by atoms with Crippen molar-refractivity contribution < 1.29 is 0 Å². The van der Waals surface area contributed by atoms with Crippen LogP contribution in [0.15, 0.2) is 46.2 Å². The van der Waals surface area contributed by atoms with Crippen molar-refractivity contribution in [3.63, 3.8) is 0 Å². The molecule has 0 bridgehead atoms. The van der Waals surface area contributed by atoms with Crippen LogP contribution >= 0.6 is 0 Å². The molecule has 3 heterocycles. The van der Waals surface area contributed by atoms with Crippen LogP contribution in [0.4, 0.5) is 0 Å². The predicted molar refractivity (Wildman–Crippen MR) is 88.5 cm³/mol. The first-order chi connectivity index (χ1) is 12.1. The molecule has 3 aromatic heterocycles. The van der Waals surface area contributed by atoms with Crippen molar-refractivity contribution >= 4 is 11.2 Å². The van der Waals surface area contributed by atoms with Gasteiger partial charge in [0.25, 0.3) is 5.56 Å². The third-order valence-electron chi connectivity index (χ3n) is 4.06. The Labute approximate surface area is 140 Å². The van der Waals surface area contributed by atoms with E-state index in [-0.39, 0.29) is 6.54 Å². The van der Waals surface area contributed by atoms with Gasteiger partial charge in [-0.05, 0) is 22.6 Å². The highest BCUT2D eigenvalue weighted by Crippen LogP contribution is 2.11. The fourth-order valence-corrected chi connectivity index (χ4v) is 2.74. The van der Waals surface area contributed by atoms with Crippen LogP contribution in [-0.2, 0) is 20.6 Å². The summed E-state index contributed by atoms with van der Waals surface area (Å²) in [5, 5.41) is 11.8. The lowest BCUT2D eigenvalue weighted by atomic mass is 10.3. The highest BCUT2D eigenvalue weighted by molar-refractivity contribution is 5.70. The molecule has 0 saturated heterocycles. The summed E-state index contributed by atoms with van der Waals surface area (Å²) in [5.41, 5.74) is 0.637. The molecule has 1 aromatic carbocycles. The summed E-state index contributed by atoms with van der Waals surface area (Å²) in [7, 11) is 3.02. The van der Waals surface area contributed by atoms with Gasteiger partial charge in [0.15, 0.2) is 17.0 Å². The van der Waals surface area contributed by atoms with Crippen molar-refractivity contribution in [3.05, 3.63) is 63.3 Å². The van der Waals surface area contributed by atoms with E-state index in [4.69, 9.17) is 0 Å². The maximum atomic E-state index is 12.5. The Hall–Kier alpha value is -3.56. The van der Waals surface area contributed by atoms with Gasteiger partial charge < -0.3 is 4.57 Å². The van der Waals surface area contributed by atoms with E-state index >= 15 is 0 Å². The van der Waals surface area contributed by atoms with Gasteiger partial charge in [-0.3, -0.25) is 13.9 Å². The predicted octanol–water partition coefficient (Wildman–Crippen LogP) is -0.542. The van der Waals surface area contributed by atoms with Crippen LogP contribution in [0.25, 0.3) is 16.9 Å². The van der Waals surface area contributed by atoms with E-state index in [1.54, 1.807) is 16.3 Å². The van der Waals surface area contributed by atoms with Gasteiger partial charge in [-0.25, -0.2) is 9.78 Å². The molecule has 10 nitrogen and oxygen atoms in total. The highest BCUT2D eigenvalue weighted by atomic mass is 16.2. The van der Waals surface area contributed by atoms with E-state index in [0.717, 1.165) is 10.3 Å². The number of tetrazole rings is 1. The maximum absolute atomic E-state index is 12.5. The Morgan fingerprint density at radius 2 is 1.80 bits per heavy atom. The second kappa shape index (κ2) is 5.51. The molecule has 4 aromatic rings. The summed E-state index contributed by atoms with van der Waals surface area (Å²) < 4.78 is 5.63. The summed E-state index contributed by atoms with van der Waals surface area (Å²) >= 11 is 0. The minimum absolute atomic E-state index is 0.242. The number of aromatic nitrogens is 8. The number of benzene rings is 1. The van der Waals surface area contributed by atoms with Crippen molar-refractivity contribution in [1.82, 2.24) is 38.9 Å². The smallest absolute Gasteiger partial charge is 0.317 e. The minimum atomic E-state index is -0.420. The van der Waals surface area contributed by atoms with Gasteiger partial charge in [-0.15, -0.1) is 5.10 Å². The van der Waals surface area contributed by atoms with Crippen LogP contribution in [0.5, 0.6) is 0 Å². The first-order valence-electron chi connectivity index (χ1n) is 7.51. The Morgan fingerprint density at radius 3 is 2.56 bits per heavy atom. The molecule has 0 aliphatic carbocycles. The topological polar surface area (TPSA) is 105 Å². The summed E-state index contributed by atoms with van der Waals surface area (Å²) in [6.45, 7) is 0.242. The number of hydrogen-bond donors (Lipinski definition) is 0. The highest BCUT2D eigenvalue weighted by Gasteiger charge is 2.16. The van der Waals surface area contributed by atoms with E-state index < -0.39 is 11.2 Å². The van der Waals surface area contributed by atoms with E-state index in [0.29, 0.717) is 17.0 Å². The average molecular weight is 338 g/mol. The van der Waals surface area contributed by atoms with E-state index in [1.807, 2.05) is 30.3 Å². The van der Waals surface area contributed by atoms with Crippen molar-refractivity contribution in [2.24, 2.45) is 14.1 Å². The molecule has 0 fully saturated rings. The van der Waals surface area contributed by atoms with Gasteiger partial charge in [-0.1, -0.05) is 18.2 Å². The van der Waals surface area contributed by atoms with E-state index in [1.165, 1.54) is 17.9 Å². The van der Waals surface area contributed by atoms with Crippen LogP contribution in [-0.4, -0.2) is 38.9 Å². The Bertz CT molecular complexity index is 1180. The molecule has 0 aliphatic heterocycles. The number of rotatable bonds is 3. The van der Waals surface area contributed by atoms with Gasteiger partial charge in [0.2, 0.25) is 0 Å². The fraction of sp³-hybridized carbons (Fsp3) is 0.200. The monoisotopic (exact) mass is 338 g/mol. The Kier molecular flexibility index (Phi) is 3.31. The van der Waals surface area contributed by atoms with Crippen LogP contribution in [0.1, 0.15) is 5.82 Å². The molecule has 0 saturated carbocycles. The second-order valence-corrected chi connectivity index (χ2v) is 5.59. The lowest BCUT2D eigenvalue weighted by Gasteiger charge is -2.07. The SMILES string of the molecule is Cn1c(=O)c2c(ncn2Cc2nnnn2-c2ccccc2)n(C)c1=O. The second-order valence-electron chi connectivity index (χ2n) is 5.59. The number of fused-ring (bicyclic) bond motifs is 1. The van der Waals surface area contributed by atoms with Gasteiger partial charge in [0.1, 0.15) is 0 Å². The van der Waals surface area contributed by atoms with Crippen molar-refractivity contribution in [3.8, 4) is 5.69 Å². The Morgan fingerprint density at radius 1 is 1.04 bits per heavy atom. The average Bonchev–Trinajstić information content (AvgIpc) is 3.26. The van der Waals surface area contributed by atoms with Crippen LogP contribution in [0.3, 0.4) is 0 Å². The molecule has 0 spiro atoms. The standard InChI is InChI=1S/C15H14N8O2/c1-20-13-12(14(24)21(2)15(20)25)22(9-16-13)8-11-17-18-19-23(11)10-6-4-3-5-7-10/h3-7,9H,8H2,1-2H3. The fourth-order valence-electron chi connectivity index (χ4n) is 2.74. The summed E-state index contributed by atoms with van der Waals surface area (Å²) in [6, 6.07) is 9.45. The molecule has 0 amide bonds. The van der Waals surface area contributed by atoms with E-state index in [9.17, 15) is 9.59 Å². The zero-order chi connectivity index (χ0) is 17.6. The molecule has 4 rings (SSSR count). The molecule has 126 valence electrons. The third-order valence-corrected chi connectivity index (χ3v) is 4.06. The van der Waals surface area contributed by atoms with Gasteiger partial charge in [-0.2, -0.15) is 4.68 Å². The summed E-state index contributed by atoms with van der Waals surface area (Å²) in [4.78, 5) is 28.7. The van der Waals surface area contributed by atoms with Crippen LogP contribution in [0, 0.1) is 0 Å². The molecule has 0 radical (unpaired) electrons. The molecule has 0 unspecified atom stereocenters. The Balaban J connectivity index is 1.86. The number of aryl methyl sites for hydroxylation is 1. The van der Waals surface area contributed by atoms with Crippen LogP contribution in [0.2, 0.25) is 0 Å². The lowest BCUT2D eigenvalue weighted by Crippen LogP contribution is -2.37. The zero-order valence-electron chi connectivity index (χ0n) is 13.6. The molecular formula is C15H14N8O2. The van der Waals surface area contributed by atoms with Crippen molar-refractivity contribution in [2.75, 3.05) is 0 Å². The maximum Gasteiger partial charge on any atom is 0.332 e. The molecular weight excluding hydrogens is 324 g/mol. The van der Waals surface area contributed by atoms with Gasteiger partial charge >= 0.3 is 5.69 Å². The summed E-state index contributed by atoms with van der Waals surface area (Å²) in [6.07, 6.45) is 1.51. The molecule has 25 heavy (non-hydrogen) atoms. The molecule has 10 heteroatoms. The van der Waals surface area contributed by atoms with Gasteiger partial charge in [0, 0.05) is 14.1 Å². The van der Waals surface area contributed by atoms with Crippen LogP contribution < -0.4 is 11.2 Å². The van der Waals surface area contributed by atoms with Crippen molar-refractivity contribution in [2.45, 2.75) is 6.54 Å². The number of para-hydroxylation sites is 1. The molecule has 0 aliphatic rings.